The summed E-state index contributed by atoms with van der Waals surface area (Å²) in [5, 5.41) is 6.45. The van der Waals surface area contributed by atoms with Gasteiger partial charge in [0, 0.05) is 19.4 Å². The van der Waals surface area contributed by atoms with E-state index < -0.39 is 12.4 Å². The van der Waals surface area contributed by atoms with Crippen LogP contribution in [0.2, 0.25) is 0 Å². The summed E-state index contributed by atoms with van der Waals surface area (Å²) in [4.78, 5) is 29.4. The van der Waals surface area contributed by atoms with Crippen molar-refractivity contribution in [2.24, 2.45) is 0 Å². The Labute approximate surface area is 164 Å². The van der Waals surface area contributed by atoms with Crippen LogP contribution in [0.1, 0.15) is 49.5 Å². The molecular weight excluding hydrogens is 393 g/mol. The summed E-state index contributed by atoms with van der Waals surface area (Å²) in [6.45, 7) is 2.03. The lowest BCUT2D eigenvalue weighted by atomic mass is 10.1. The molecule has 1 aliphatic heterocycles. The number of carbonyl (C=O) groups is 2. The number of benzene rings is 1. The third-order valence-corrected chi connectivity index (χ3v) is 4.37. The van der Waals surface area contributed by atoms with Crippen molar-refractivity contribution in [3.63, 3.8) is 0 Å². The number of amides is 2. The van der Waals surface area contributed by atoms with Gasteiger partial charge in [0.15, 0.2) is 5.82 Å². The molecular formula is C18H19F3N4O4. The SMILES string of the molecule is CCC(=O)NCc1noc([C@@H]2CCC(=O)N2Cc2ccc(OC(F)(F)F)cc2)n1. The van der Waals surface area contributed by atoms with Gasteiger partial charge in [0.05, 0.1) is 6.54 Å². The van der Waals surface area contributed by atoms with Gasteiger partial charge in [0.2, 0.25) is 17.7 Å². The predicted molar refractivity (Wildman–Crippen MR) is 92.1 cm³/mol. The van der Waals surface area contributed by atoms with Gasteiger partial charge in [-0.2, -0.15) is 4.98 Å². The molecule has 1 saturated heterocycles. The van der Waals surface area contributed by atoms with E-state index in [9.17, 15) is 22.8 Å². The van der Waals surface area contributed by atoms with Crippen molar-refractivity contribution in [1.82, 2.24) is 20.4 Å². The van der Waals surface area contributed by atoms with E-state index in [1.165, 1.54) is 24.3 Å². The van der Waals surface area contributed by atoms with Gasteiger partial charge in [0.25, 0.3) is 0 Å². The highest BCUT2D eigenvalue weighted by Crippen LogP contribution is 2.33. The van der Waals surface area contributed by atoms with Crippen LogP contribution in [0.25, 0.3) is 0 Å². The second-order valence-corrected chi connectivity index (χ2v) is 6.45. The van der Waals surface area contributed by atoms with Crippen LogP contribution in [0, 0.1) is 0 Å². The maximum Gasteiger partial charge on any atom is 0.573 e. The Kier molecular flexibility index (Phi) is 6.04. The minimum Gasteiger partial charge on any atom is -0.406 e. The molecule has 2 aromatic rings. The second kappa shape index (κ2) is 8.50. The van der Waals surface area contributed by atoms with Crippen molar-refractivity contribution < 1.29 is 32.0 Å². The molecule has 1 aliphatic rings. The minimum atomic E-state index is -4.76. The number of likely N-dealkylation sites (tertiary alicyclic amines) is 1. The first-order chi connectivity index (χ1) is 13.7. The lowest BCUT2D eigenvalue weighted by Crippen LogP contribution is -2.27. The maximum atomic E-state index is 12.3. The van der Waals surface area contributed by atoms with Crippen LogP contribution in [0.3, 0.4) is 0 Å². The van der Waals surface area contributed by atoms with E-state index in [2.05, 4.69) is 20.2 Å². The number of hydrogen-bond acceptors (Lipinski definition) is 6. The molecule has 1 atom stereocenters. The number of aromatic nitrogens is 2. The molecule has 1 aromatic heterocycles. The molecule has 0 spiro atoms. The molecule has 8 nitrogen and oxygen atoms in total. The number of nitrogens with zero attached hydrogens (tertiary/aromatic N) is 3. The van der Waals surface area contributed by atoms with Crippen molar-refractivity contribution in [1.29, 1.82) is 0 Å². The van der Waals surface area contributed by atoms with E-state index in [1.54, 1.807) is 11.8 Å². The molecule has 0 saturated carbocycles. The Morgan fingerprint density at radius 2 is 2.07 bits per heavy atom. The highest BCUT2D eigenvalue weighted by molar-refractivity contribution is 5.78. The van der Waals surface area contributed by atoms with Gasteiger partial charge >= 0.3 is 6.36 Å². The third-order valence-electron chi connectivity index (χ3n) is 4.37. The molecule has 2 heterocycles. The van der Waals surface area contributed by atoms with E-state index in [0.717, 1.165) is 0 Å². The summed E-state index contributed by atoms with van der Waals surface area (Å²) in [6, 6.07) is 4.88. The number of alkyl halides is 3. The summed E-state index contributed by atoms with van der Waals surface area (Å²) < 4.78 is 45.9. The van der Waals surface area contributed by atoms with Crippen LogP contribution in [0.4, 0.5) is 13.2 Å². The lowest BCUT2D eigenvalue weighted by Gasteiger charge is -2.22. The van der Waals surface area contributed by atoms with E-state index in [1.807, 2.05) is 0 Å². The number of rotatable bonds is 7. The third kappa shape index (κ3) is 5.46. The molecule has 156 valence electrons. The molecule has 0 aliphatic carbocycles. The monoisotopic (exact) mass is 412 g/mol. The van der Waals surface area contributed by atoms with Crippen molar-refractivity contribution in [3.8, 4) is 5.75 Å². The first-order valence-electron chi connectivity index (χ1n) is 8.98. The topological polar surface area (TPSA) is 97.6 Å². The van der Waals surface area contributed by atoms with Gasteiger partial charge in [-0.15, -0.1) is 13.2 Å². The van der Waals surface area contributed by atoms with Gasteiger partial charge in [0.1, 0.15) is 11.8 Å². The number of nitrogens with one attached hydrogen (secondary N) is 1. The standard InChI is InChI=1S/C18H19F3N4O4/c1-2-15(26)22-9-14-23-17(29-24-14)13-7-8-16(27)25(13)10-11-3-5-12(6-4-11)28-18(19,20)21/h3-6,13H,2,7-10H2,1H3,(H,22,26)/t13-/m0/s1. The zero-order chi connectivity index (χ0) is 21.0. The quantitative estimate of drug-likeness (QED) is 0.751. The lowest BCUT2D eigenvalue weighted by molar-refractivity contribution is -0.274. The van der Waals surface area contributed by atoms with Crippen LogP contribution in [-0.4, -0.2) is 33.2 Å². The predicted octanol–water partition coefficient (Wildman–Crippen LogP) is 2.86. The Hall–Kier alpha value is -3.11. The highest BCUT2D eigenvalue weighted by Gasteiger charge is 2.36. The van der Waals surface area contributed by atoms with E-state index in [-0.39, 0.29) is 36.5 Å². The second-order valence-electron chi connectivity index (χ2n) is 6.45. The van der Waals surface area contributed by atoms with Gasteiger partial charge in [-0.05, 0) is 24.1 Å². The van der Waals surface area contributed by atoms with Gasteiger partial charge in [-0.25, -0.2) is 0 Å². The molecule has 0 radical (unpaired) electrons. The fourth-order valence-corrected chi connectivity index (χ4v) is 2.96. The van der Waals surface area contributed by atoms with Crippen molar-refractivity contribution in [2.45, 2.75) is 51.7 Å². The number of carbonyl (C=O) groups excluding carboxylic acids is 2. The van der Waals surface area contributed by atoms with E-state index in [4.69, 9.17) is 4.52 Å². The van der Waals surface area contributed by atoms with Crippen molar-refractivity contribution in [2.75, 3.05) is 0 Å². The van der Waals surface area contributed by atoms with Crippen LogP contribution < -0.4 is 10.1 Å². The Bertz CT molecular complexity index is 867. The Balaban J connectivity index is 1.66. The van der Waals surface area contributed by atoms with Crippen molar-refractivity contribution >= 4 is 11.8 Å². The van der Waals surface area contributed by atoms with Crippen LogP contribution in [0.5, 0.6) is 5.75 Å². The molecule has 11 heteroatoms. The fourth-order valence-electron chi connectivity index (χ4n) is 2.96. The molecule has 2 amide bonds. The molecule has 0 bridgehead atoms. The minimum absolute atomic E-state index is 0.121. The Morgan fingerprint density at radius 1 is 1.34 bits per heavy atom. The summed E-state index contributed by atoms with van der Waals surface area (Å²) in [5.74, 6) is -0.0405. The smallest absolute Gasteiger partial charge is 0.406 e. The fraction of sp³-hybridized carbons (Fsp3) is 0.444. The average Bonchev–Trinajstić information content (AvgIpc) is 3.27. The first kappa shape index (κ1) is 20.6. The largest absolute Gasteiger partial charge is 0.573 e. The summed E-state index contributed by atoms with van der Waals surface area (Å²) in [5.41, 5.74) is 0.634. The molecule has 3 rings (SSSR count). The maximum absolute atomic E-state index is 12.3. The normalized spacial score (nSPS) is 16.9. The number of halogens is 3. The summed E-state index contributed by atoms with van der Waals surface area (Å²) in [6.07, 6.45) is -3.65. The number of ether oxygens (including phenoxy) is 1. The molecule has 1 aromatic carbocycles. The summed E-state index contributed by atoms with van der Waals surface area (Å²) >= 11 is 0. The molecule has 0 unspecified atom stereocenters. The van der Waals surface area contributed by atoms with Crippen molar-refractivity contribution in [3.05, 3.63) is 41.5 Å². The van der Waals surface area contributed by atoms with Gasteiger partial charge in [-0.1, -0.05) is 24.2 Å². The van der Waals surface area contributed by atoms with Gasteiger partial charge < -0.3 is 19.5 Å². The highest BCUT2D eigenvalue weighted by atomic mass is 19.4. The number of hydrogen-bond donors (Lipinski definition) is 1. The van der Waals surface area contributed by atoms with Crippen LogP contribution in [0.15, 0.2) is 28.8 Å². The van der Waals surface area contributed by atoms with E-state index in [0.29, 0.717) is 30.7 Å². The molecule has 1 N–H and O–H groups in total. The first-order valence-corrected chi connectivity index (χ1v) is 8.98. The zero-order valence-corrected chi connectivity index (χ0v) is 15.5. The van der Waals surface area contributed by atoms with Crippen LogP contribution in [-0.2, 0) is 22.7 Å². The van der Waals surface area contributed by atoms with E-state index >= 15 is 0 Å². The molecule has 29 heavy (non-hydrogen) atoms. The molecule has 1 fully saturated rings. The average molecular weight is 412 g/mol. The van der Waals surface area contributed by atoms with Gasteiger partial charge in [-0.3, -0.25) is 9.59 Å². The Morgan fingerprint density at radius 3 is 2.72 bits per heavy atom. The van der Waals surface area contributed by atoms with Crippen LogP contribution >= 0.6 is 0 Å². The zero-order valence-electron chi connectivity index (χ0n) is 15.5. The summed E-state index contributed by atoms with van der Waals surface area (Å²) in [7, 11) is 0.